The molecule has 2 rings (SSSR count). The molecule has 1 aromatic carbocycles. The molecule has 1 aliphatic heterocycles. The number of fused-ring (bicyclic) bond motifs is 1. The van der Waals surface area contributed by atoms with Crippen molar-refractivity contribution in [3.63, 3.8) is 0 Å². The predicted molar refractivity (Wildman–Crippen MR) is 48.5 cm³/mol. The van der Waals surface area contributed by atoms with Crippen LogP contribution in [0.4, 0.5) is 0 Å². The van der Waals surface area contributed by atoms with Gasteiger partial charge in [0.25, 0.3) is 10.0 Å². The molecule has 0 aromatic heterocycles. The number of thiocarbonyl (C=S) groups is 1. The lowest BCUT2D eigenvalue weighted by Crippen LogP contribution is -2.19. The number of hydrogen-bond donors (Lipinski definition) is 1. The molecule has 0 unspecified atom stereocenters. The molecule has 12 heavy (non-hydrogen) atoms. The van der Waals surface area contributed by atoms with E-state index in [1.807, 2.05) is 0 Å². The van der Waals surface area contributed by atoms with E-state index in [1.165, 1.54) is 6.07 Å². The van der Waals surface area contributed by atoms with Crippen molar-refractivity contribution in [2.75, 3.05) is 0 Å². The minimum Gasteiger partial charge on any atom is -0.269 e. The van der Waals surface area contributed by atoms with Crippen molar-refractivity contribution in [3.8, 4) is 0 Å². The Morgan fingerprint density at radius 1 is 1.25 bits per heavy atom. The van der Waals surface area contributed by atoms with E-state index in [1.54, 1.807) is 18.2 Å². The highest BCUT2D eigenvalue weighted by atomic mass is 32.2. The van der Waals surface area contributed by atoms with Gasteiger partial charge in [0, 0.05) is 5.56 Å². The van der Waals surface area contributed by atoms with Crippen LogP contribution in [-0.2, 0) is 10.0 Å². The molecule has 0 amide bonds. The van der Waals surface area contributed by atoms with Crippen LogP contribution < -0.4 is 4.72 Å². The van der Waals surface area contributed by atoms with Gasteiger partial charge in [0.2, 0.25) is 0 Å². The Kier molecular flexibility index (Phi) is 1.46. The first kappa shape index (κ1) is 7.70. The second-order valence-corrected chi connectivity index (χ2v) is 4.49. The minimum atomic E-state index is -3.35. The monoisotopic (exact) mass is 199 g/mol. The highest BCUT2D eigenvalue weighted by Gasteiger charge is 2.28. The summed E-state index contributed by atoms with van der Waals surface area (Å²) in [4.78, 5) is 0.556. The molecule has 0 fully saturated rings. The lowest BCUT2D eigenvalue weighted by Gasteiger charge is -1.92. The number of rotatable bonds is 0. The lowest BCUT2D eigenvalue weighted by atomic mass is 10.2. The summed E-state index contributed by atoms with van der Waals surface area (Å²) in [5.74, 6) is 0. The summed E-state index contributed by atoms with van der Waals surface area (Å²) in [6, 6.07) is 6.66. The summed E-state index contributed by atoms with van der Waals surface area (Å²) in [6.07, 6.45) is 0. The van der Waals surface area contributed by atoms with Crippen molar-refractivity contribution in [1.29, 1.82) is 0 Å². The molecular formula is C7H5NO2S2. The van der Waals surface area contributed by atoms with Crippen molar-refractivity contribution < 1.29 is 8.42 Å². The van der Waals surface area contributed by atoms with Gasteiger partial charge in [-0.25, -0.2) is 8.42 Å². The Morgan fingerprint density at radius 3 is 2.58 bits per heavy atom. The van der Waals surface area contributed by atoms with Crippen LogP contribution >= 0.6 is 12.2 Å². The van der Waals surface area contributed by atoms with Crippen LogP contribution in [0.15, 0.2) is 29.2 Å². The molecule has 62 valence electrons. The van der Waals surface area contributed by atoms with E-state index in [9.17, 15) is 8.42 Å². The largest absolute Gasteiger partial charge is 0.269 e. The Hall–Kier alpha value is -0.940. The SMILES string of the molecule is O=S1(=O)NC(=S)c2ccccc21. The number of sulfonamides is 1. The van der Waals surface area contributed by atoms with Crippen molar-refractivity contribution >= 4 is 27.2 Å². The molecule has 5 heteroatoms. The number of hydrogen-bond acceptors (Lipinski definition) is 3. The quantitative estimate of drug-likeness (QED) is 0.624. The van der Waals surface area contributed by atoms with Crippen LogP contribution in [0.5, 0.6) is 0 Å². The fourth-order valence-corrected chi connectivity index (χ4v) is 2.87. The van der Waals surface area contributed by atoms with Gasteiger partial charge in [-0.05, 0) is 6.07 Å². The van der Waals surface area contributed by atoms with Gasteiger partial charge in [-0.1, -0.05) is 30.4 Å². The molecule has 1 heterocycles. The van der Waals surface area contributed by atoms with E-state index in [-0.39, 0.29) is 9.88 Å². The van der Waals surface area contributed by atoms with Gasteiger partial charge in [-0.15, -0.1) is 0 Å². The first-order valence-corrected chi connectivity index (χ1v) is 5.16. The third-order valence-electron chi connectivity index (χ3n) is 1.65. The first-order chi connectivity index (χ1) is 5.61. The summed E-state index contributed by atoms with van der Waals surface area (Å²) in [7, 11) is -3.35. The van der Waals surface area contributed by atoms with Gasteiger partial charge in [0.05, 0.1) is 4.90 Å². The Labute approximate surface area is 75.5 Å². The van der Waals surface area contributed by atoms with E-state index in [4.69, 9.17) is 12.2 Å². The number of benzene rings is 1. The van der Waals surface area contributed by atoms with Gasteiger partial charge in [0.1, 0.15) is 4.99 Å². The Bertz CT molecular complexity index is 450. The second-order valence-electron chi connectivity index (χ2n) is 2.43. The molecule has 1 N–H and O–H groups in total. The third kappa shape index (κ3) is 0.937. The standard InChI is InChI=1S/C7H5NO2S2/c9-12(10)6-4-2-1-3-5(6)7(11)8-12/h1-4H,(H,8,11). The molecule has 0 atom stereocenters. The molecule has 1 aliphatic rings. The van der Waals surface area contributed by atoms with E-state index in [2.05, 4.69) is 4.72 Å². The zero-order valence-corrected chi connectivity index (χ0v) is 7.58. The van der Waals surface area contributed by atoms with E-state index in [0.29, 0.717) is 5.56 Å². The second kappa shape index (κ2) is 2.27. The maximum absolute atomic E-state index is 11.3. The number of nitrogens with one attached hydrogen (secondary N) is 1. The highest BCUT2D eigenvalue weighted by molar-refractivity contribution is 7.93. The zero-order valence-electron chi connectivity index (χ0n) is 5.94. The molecule has 0 radical (unpaired) electrons. The van der Waals surface area contributed by atoms with Crippen LogP contribution in [0, 0.1) is 0 Å². The summed E-state index contributed by atoms with van der Waals surface area (Å²) >= 11 is 4.83. The van der Waals surface area contributed by atoms with Gasteiger partial charge < -0.3 is 0 Å². The van der Waals surface area contributed by atoms with Crippen molar-refractivity contribution in [3.05, 3.63) is 29.8 Å². The first-order valence-electron chi connectivity index (χ1n) is 3.27. The zero-order chi connectivity index (χ0) is 8.77. The molecular weight excluding hydrogens is 194 g/mol. The Balaban J connectivity index is 2.83. The smallest absolute Gasteiger partial charge is 0.263 e. The minimum absolute atomic E-state index is 0.273. The van der Waals surface area contributed by atoms with Crippen molar-refractivity contribution in [2.24, 2.45) is 0 Å². The van der Waals surface area contributed by atoms with E-state index in [0.717, 1.165) is 0 Å². The van der Waals surface area contributed by atoms with Crippen LogP contribution in [0.2, 0.25) is 0 Å². The van der Waals surface area contributed by atoms with Crippen LogP contribution in [-0.4, -0.2) is 13.4 Å². The Morgan fingerprint density at radius 2 is 1.92 bits per heavy atom. The topological polar surface area (TPSA) is 46.2 Å². The van der Waals surface area contributed by atoms with Crippen molar-refractivity contribution in [1.82, 2.24) is 4.72 Å². The summed E-state index contributed by atoms with van der Waals surface area (Å²) < 4.78 is 24.8. The van der Waals surface area contributed by atoms with Gasteiger partial charge in [-0.2, -0.15) is 0 Å². The van der Waals surface area contributed by atoms with Crippen molar-refractivity contribution in [2.45, 2.75) is 4.90 Å². The maximum atomic E-state index is 11.3. The summed E-state index contributed by atoms with van der Waals surface area (Å²) in [5, 5.41) is 0. The fourth-order valence-electron chi connectivity index (χ4n) is 1.12. The molecule has 3 nitrogen and oxygen atoms in total. The predicted octanol–water partition coefficient (Wildman–Crippen LogP) is 0.654. The average molecular weight is 199 g/mol. The van der Waals surface area contributed by atoms with E-state index >= 15 is 0 Å². The lowest BCUT2D eigenvalue weighted by molar-refractivity contribution is 0.595. The molecule has 0 saturated heterocycles. The van der Waals surface area contributed by atoms with Crippen LogP contribution in [0.3, 0.4) is 0 Å². The van der Waals surface area contributed by atoms with Gasteiger partial charge in [-0.3, -0.25) is 4.72 Å². The summed E-state index contributed by atoms with van der Waals surface area (Å²) in [5.41, 5.74) is 0.590. The maximum Gasteiger partial charge on any atom is 0.263 e. The normalized spacial score (nSPS) is 18.5. The van der Waals surface area contributed by atoms with E-state index < -0.39 is 10.0 Å². The third-order valence-corrected chi connectivity index (χ3v) is 3.51. The molecule has 0 bridgehead atoms. The van der Waals surface area contributed by atoms with Gasteiger partial charge >= 0.3 is 0 Å². The molecule has 0 aliphatic carbocycles. The highest BCUT2D eigenvalue weighted by Crippen LogP contribution is 2.21. The van der Waals surface area contributed by atoms with Gasteiger partial charge in [0.15, 0.2) is 0 Å². The summed E-state index contributed by atoms with van der Waals surface area (Å²) in [6.45, 7) is 0. The molecule has 1 aromatic rings. The van der Waals surface area contributed by atoms with Crippen LogP contribution in [0.1, 0.15) is 5.56 Å². The molecule has 0 saturated carbocycles. The fraction of sp³-hybridized carbons (Fsp3) is 0. The molecule has 0 spiro atoms. The van der Waals surface area contributed by atoms with Crippen LogP contribution in [0.25, 0.3) is 0 Å². The average Bonchev–Trinajstić information content (AvgIpc) is 2.25.